The molecule has 128 valence electrons. The van der Waals surface area contributed by atoms with E-state index in [1.165, 1.54) is 10.9 Å². The summed E-state index contributed by atoms with van der Waals surface area (Å²) in [4.78, 5) is 15.6. The molecule has 4 rings (SSSR count). The first-order valence-electron chi connectivity index (χ1n) is 8.80. The summed E-state index contributed by atoms with van der Waals surface area (Å²) >= 11 is 0. The van der Waals surface area contributed by atoms with Gasteiger partial charge in [0.15, 0.2) is 0 Å². The molecule has 0 aliphatic rings. The zero-order chi connectivity index (χ0) is 17.8. The average Bonchev–Trinajstić information content (AvgIpc) is 3.12. The van der Waals surface area contributed by atoms with Crippen LogP contribution in [-0.4, -0.2) is 17.4 Å². The maximum atomic E-state index is 12.4. The fourth-order valence-electron chi connectivity index (χ4n) is 3.20. The molecule has 0 saturated carbocycles. The summed E-state index contributed by atoms with van der Waals surface area (Å²) in [6.45, 7) is 0.612. The lowest BCUT2D eigenvalue weighted by atomic mass is 10.0. The number of hydrogen-bond donors (Lipinski definition) is 2. The van der Waals surface area contributed by atoms with Crippen molar-refractivity contribution in [1.82, 2.24) is 10.3 Å². The summed E-state index contributed by atoms with van der Waals surface area (Å²) in [6, 6.07) is 26.1. The Balaban J connectivity index is 1.37. The number of carbonyl (C=O) groups is 1. The Labute approximate surface area is 152 Å². The highest BCUT2D eigenvalue weighted by Crippen LogP contribution is 2.20. The van der Waals surface area contributed by atoms with Crippen molar-refractivity contribution in [2.75, 3.05) is 6.54 Å². The quantitative estimate of drug-likeness (QED) is 0.538. The number of nitrogens with one attached hydrogen (secondary N) is 2. The number of benzene rings is 3. The molecule has 3 aromatic carbocycles. The lowest BCUT2D eigenvalue weighted by Gasteiger charge is -2.06. The van der Waals surface area contributed by atoms with Crippen molar-refractivity contribution >= 4 is 16.8 Å². The normalized spacial score (nSPS) is 10.8. The maximum Gasteiger partial charge on any atom is 0.251 e. The minimum atomic E-state index is -0.0375. The third-order valence-corrected chi connectivity index (χ3v) is 4.61. The molecule has 4 aromatic rings. The second-order valence-electron chi connectivity index (χ2n) is 6.31. The summed E-state index contributed by atoms with van der Waals surface area (Å²) in [5, 5.41) is 4.22. The molecule has 1 heterocycles. The lowest BCUT2D eigenvalue weighted by Crippen LogP contribution is -2.25. The number of rotatable bonds is 5. The van der Waals surface area contributed by atoms with Crippen molar-refractivity contribution in [3.63, 3.8) is 0 Å². The fraction of sp³-hybridized carbons (Fsp3) is 0.0870. The Bertz CT molecular complexity index is 1020. The van der Waals surface area contributed by atoms with Gasteiger partial charge in [0.25, 0.3) is 5.91 Å². The Morgan fingerprint density at radius 2 is 1.50 bits per heavy atom. The van der Waals surface area contributed by atoms with Gasteiger partial charge >= 0.3 is 0 Å². The second-order valence-corrected chi connectivity index (χ2v) is 6.31. The van der Waals surface area contributed by atoms with Crippen LogP contribution in [0.3, 0.4) is 0 Å². The number of hydrogen-bond acceptors (Lipinski definition) is 1. The summed E-state index contributed by atoms with van der Waals surface area (Å²) in [6.07, 6.45) is 2.82. The first-order valence-corrected chi connectivity index (χ1v) is 8.80. The average molecular weight is 340 g/mol. The zero-order valence-corrected chi connectivity index (χ0v) is 14.4. The Morgan fingerprint density at radius 3 is 2.31 bits per heavy atom. The SMILES string of the molecule is O=C(NCCc1c[nH]c2ccccc12)c1ccc(-c2ccccc2)cc1. The van der Waals surface area contributed by atoms with Gasteiger partial charge in [-0.25, -0.2) is 0 Å². The van der Waals surface area contributed by atoms with E-state index < -0.39 is 0 Å². The van der Waals surface area contributed by atoms with E-state index in [9.17, 15) is 4.79 Å². The molecule has 0 unspecified atom stereocenters. The van der Waals surface area contributed by atoms with E-state index in [0.29, 0.717) is 12.1 Å². The Hall–Kier alpha value is -3.33. The second kappa shape index (κ2) is 7.28. The molecule has 0 radical (unpaired) electrons. The Morgan fingerprint density at radius 1 is 0.808 bits per heavy atom. The van der Waals surface area contributed by atoms with Crippen molar-refractivity contribution in [1.29, 1.82) is 0 Å². The van der Waals surface area contributed by atoms with E-state index in [2.05, 4.69) is 34.6 Å². The smallest absolute Gasteiger partial charge is 0.251 e. The van der Waals surface area contributed by atoms with E-state index >= 15 is 0 Å². The number of fused-ring (bicyclic) bond motifs is 1. The molecule has 0 bridgehead atoms. The molecule has 3 heteroatoms. The van der Waals surface area contributed by atoms with Crippen molar-refractivity contribution in [3.05, 3.63) is 96.2 Å². The van der Waals surface area contributed by atoms with Crippen LogP contribution in [0.4, 0.5) is 0 Å². The van der Waals surface area contributed by atoms with Crippen molar-refractivity contribution in [2.45, 2.75) is 6.42 Å². The monoisotopic (exact) mass is 340 g/mol. The van der Waals surface area contributed by atoms with Crippen LogP contribution in [0.1, 0.15) is 15.9 Å². The minimum absolute atomic E-state index is 0.0375. The predicted molar refractivity (Wildman–Crippen MR) is 106 cm³/mol. The highest BCUT2D eigenvalue weighted by molar-refractivity contribution is 5.94. The van der Waals surface area contributed by atoms with Crippen molar-refractivity contribution in [2.24, 2.45) is 0 Å². The number of aromatic nitrogens is 1. The van der Waals surface area contributed by atoms with Crippen LogP contribution in [0.25, 0.3) is 22.0 Å². The largest absolute Gasteiger partial charge is 0.361 e. The molecule has 0 aliphatic carbocycles. The molecule has 0 aliphatic heterocycles. The minimum Gasteiger partial charge on any atom is -0.361 e. The van der Waals surface area contributed by atoms with Crippen LogP contribution < -0.4 is 5.32 Å². The van der Waals surface area contributed by atoms with Gasteiger partial charge in [-0.1, -0.05) is 60.7 Å². The number of amides is 1. The molecule has 1 aromatic heterocycles. The molecule has 1 amide bonds. The van der Waals surface area contributed by atoms with Gasteiger partial charge in [0, 0.05) is 29.2 Å². The van der Waals surface area contributed by atoms with Gasteiger partial charge in [0.05, 0.1) is 0 Å². The topological polar surface area (TPSA) is 44.9 Å². The first kappa shape index (κ1) is 16.2. The van der Waals surface area contributed by atoms with E-state index in [4.69, 9.17) is 0 Å². The third kappa shape index (κ3) is 3.38. The standard InChI is InChI=1S/C23H20N2O/c26-23(19-12-10-18(11-13-19)17-6-2-1-3-7-17)24-15-14-20-16-25-22-9-5-4-8-21(20)22/h1-13,16,25H,14-15H2,(H,24,26). The summed E-state index contributed by atoms with van der Waals surface area (Å²) in [5.41, 5.74) is 5.30. The lowest BCUT2D eigenvalue weighted by molar-refractivity contribution is 0.0954. The van der Waals surface area contributed by atoms with E-state index in [0.717, 1.165) is 23.1 Å². The van der Waals surface area contributed by atoms with Gasteiger partial charge in [-0.3, -0.25) is 4.79 Å². The fourth-order valence-corrected chi connectivity index (χ4v) is 3.20. The number of carbonyl (C=O) groups excluding carboxylic acids is 1. The zero-order valence-electron chi connectivity index (χ0n) is 14.4. The number of H-pyrrole nitrogens is 1. The first-order chi connectivity index (χ1) is 12.8. The van der Waals surface area contributed by atoms with Crippen LogP contribution in [0, 0.1) is 0 Å². The van der Waals surface area contributed by atoms with Gasteiger partial charge in [0.1, 0.15) is 0 Å². The molecule has 0 fully saturated rings. The molecular formula is C23H20N2O. The molecule has 2 N–H and O–H groups in total. The number of para-hydroxylation sites is 1. The third-order valence-electron chi connectivity index (χ3n) is 4.61. The van der Waals surface area contributed by atoms with Crippen LogP contribution in [0.5, 0.6) is 0 Å². The van der Waals surface area contributed by atoms with Crippen LogP contribution >= 0.6 is 0 Å². The molecule has 26 heavy (non-hydrogen) atoms. The molecule has 0 saturated heterocycles. The van der Waals surface area contributed by atoms with Gasteiger partial charge in [-0.2, -0.15) is 0 Å². The Kier molecular flexibility index (Phi) is 4.52. The van der Waals surface area contributed by atoms with Crippen LogP contribution in [0.15, 0.2) is 85.1 Å². The molecule has 3 nitrogen and oxygen atoms in total. The highest BCUT2D eigenvalue weighted by atomic mass is 16.1. The molecule has 0 spiro atoms. The number of aromatic amines is 1. The van der Waals surface area contributed by atoms with Crippen LogP contribution in [0.2, 0.25) is 0 Å². The summed E-state index contributed by atoms with van der Waals surface area (Å²) < 4.78 is 0. The van der Waals surface area contributed by atoms with E-state index in [-0.39, 0.29) is 5.91 Å². The predicted octanol–water partition coefficient (Wildman–Crippen LogP) is 4.81. The van der Waals surface area contributed by atoms with Gasteiger partial charge in [0.2, 0.25) is 0 Å². The van der Waals surface area contributed by atoms with Gasteiger partial charge in [-0.05, 0) is 41.3 Å². The van der Waals surface area contributed by atoms with E-state index in [1.54, 1.807) is 0 Å². The maximum absolute atomic E-state index is 12.4. The highest BCUT2D eigenvalue weighted by Gasteiger charge is 2.07. The van der Waals surface area contributed by atoms with Crippen LogP contribution in [-0.2, 0) is 6.42 Å². The van der Waals surface area contributed by atoms with Crippen molar-refractivity contribution < 1.29 is 4.79 Å². The van der Waals surface area contributed by atoms with Crippen molar-refractivity contribution in [3.8, 4) is 11.1 Å². The summed E-state index contributed by atoms with van der Waals surface area (Å²) in [7, 11) is 0. The van der Waals surface area contributed by atoms with Gasteiger partial charge < -0.3 is 10.3 Å². The van der Waals surface area contributed by atoms with E-state index in [1.807, 2.05) is 60.8 Å². The molecule has 0 atom stereocenters. The summed E-state index contributed by atoms with van der Waals surface area (Å²) in [5.74, 6) is -0.0375. The van der Waals surface area contributed by atoms with Gasteiger partial charge in [-0.15, -0.1) is 0 Å². The molecular weight excluding hydrogens is 320 g/mol.